The summed E-state index contributed by atoms with van der Waals surface area (Å²) in [6, 6.07) is 7.19. The van der Waals surface area contributed by atoms with Gasteiger partial charge in [-0.25, -0.2) is 0 Å². The number of carbonyl (C=O) groups is 3. The van der Waals surface area contributed by atoms with Crippen LogP contribution in [0.5, 0.6) is 0 Å². The lowest BCUT2D eigenvalue weighted by molar-refractivity contribution is -0.141. The van der Waals surface area contributed by atoms with Crippen LogP contribution in [0, 0.1) is 5.92 Å². The van der Waals surface area contributed by atoms with E-state index in [1.165, 1.54) is 7.11 Å². The zero-order valence-corrected chi connectivity index (χ0v) is 14.4. The predicted octanol–water partition coefficient (Wildman–Crippen LogP) is 0.974. The largest absolute Gasteiger partial charge is 0.468 e. The van der Waals surface area contributed by atoms with Crippen molar-refractivity contribution in [1.29, 1.82) is 0 Å². The summed E-state index contributed by atoms with van der Waals surface area (Å²) in [5.74, 6) is -0.533. The number of nitrogens with one attached hydrogen (secondary N) is 2. The number of nitrogens with two attached hydrogens (primary N) is 1. The smallest absolute Gasteiger partial charge is 0.325 e. The molecule has 2 atom stereocenters. The second-order valence-corrected chi connectivity index (χ2v) is 6.33. The number of methoxy groups -OCH3 is 1. The van der Waals surface area contributed by atoms with Crippen molar-refractivity contribution in [1.82, 2.24) is 5.32 Å². The van der Waals surface area contributed by atoms with E-state index in [1.807, 2.05) is 0 Å². The van der Waals surface area contributed by atoms with E-state index in [9.17, 15) is 14.4 Å². The molecule has 1 aromatic rings. The van der Waals surface area contributed by atoms with Gasteiger partial charge in [-0.2, -0.15) is 0 Å². The van der Waals surface area contributed by atoms with Gasteiger partial charge in [-0.1, -0.05) is 18.6 Å². The summed E-state index contributed by atoms with van der Waals surface area (Å²) < 4.78 is 4.46. The van der Waals surface area contributed by atoms with Gasteiger partial charge in [-0.3, -0.25) is 14.4 Å². The van der Waals surface area contributed by atoms with Crippen LogP contribution < -0.4 is 16.4 Å². The molecule has 0 aromatic heterocycles. The van der Waals surface area contributed by atoms with Crippen molar-refractivity contribution in [2.45, 2.75) is 38.1 Å². The number of hydrogen-bond donors (Lipinski definition) is 3. The quantitative estimate of drug-likeness (QED) is 0.637. The highest BCUT2D eigenvalue weighted by Crippen LogP contribution is 2.27. The maximum absolute atomic E-state index is 12.1. The van der Waals surface area contributed by atoms with E-state index in [4.69, 9.17) is 5.73 Å². The van der Waals surface area contributed by atoms with E-state index >= 15 is 0 Å². The van der Waals surface area contributed by atoms with Crippen LogP contribution in [0.1, 0.15) is 31.2 Å². The average Bonchev–Trinajstić information content (AvgIpc) is 2.99. The second-order valence-electron chi connectivity index (χ2n) is 6.33. The maximum Gasteiger partial charge on any atom is 0.325 e. The fourth-order valence-electron chi connectivity index (χ4n) is 2.97. The van der Waals surface area contributed by atoms with Crippen LogP contribution in [0.25, 0.3) is 0 Å². The van der Waals surface area contributed by atoms with Crippen molar-refractivity contribution < 1.29 is 19.1 Å². The standard InChI is InChI=1S/C18H25N3O4/c1-25-18(24)11-20-16(22)9-12-5-7-14(8-6-12)21-17(23)10-13-3-2-4-15(13)19/h5-8,13,15H,2-4,9-11,19H2,1H3,(H,20,22)(H,21,23)/t13-,15+/m0/s1. The number of amides is 2. The highest BCUT2D eigenvalue weighted by Gasteiger charge is 2.25. The number of ether oxygens (including phenoxy) is 1. The monoisotopic (exact) mass is 347 g/mol. The fourth-order valence-corrected chi connectivity index (χ4v) is 2.97. The number of anilines is 1. The molecule has 2 rings (SSSR count). The molecule has 1 saturated carbocycles. The summed E-state index contributed by atoms with van der Waals surface area (Å²) in [4.78, 5) is 34.8. The Morgan fingerprint density at radius 3 is 2.48 bits per heavy atom. The Bertz CT molecular complexity index is 615. The van der Waals surface area contributed by atoms with Gasteiger partial charge in [0.1, 0.15) is 6.54 Å². The fraction of sp³-hybridized carbons (Fsp3) is 0.500. The lowest BCUT2D eigenvalue weighted by Gasteiger charge is -2.14. The summed E-state index contributed by atoms with van der Waals surface area (Å²) in [7, 11) is 1.27. The Hall–Kier alpha value is -2.41. The van der Waals surface area contributed by atoms with Crippen molar-refractivity contribution in [2.24, 2.45) is 11.7 Å². The average molecular weight is 347 g/mol. The molecule has 7 nitrogen and oxygen atoms in total. The minimum Gasteiger partial charge on any atom is -0.468 e. The van der Waals surface area contributed by atoms with Crippen LogP contribution in [0.2, 0.25) is 0 Å². The Morgan fingerprint density at radius 2 is 1.88 bits per heavy atom. The molecule has 136 valence electrons. The van der Waals surface area contributed by atoms with Crippen molar-refractivity contribution in [3.63, 3.8) is 0 Å². The van der Waals surface area contributed by atoms with Gasteiger partial charge in [0.05, 0.1) is 13.5 Å². The SMILES string of the molecule is COC(=O)CNC(=O)Cc1ccc(NC(=O)C[C@@H]2CCC[C@H]2N)cc1. The van der Waals surface area contributed by atoms with Crippen molar-refractivity contribution in [3.8, 4) is 0 Å². The first-order valence-corrected chi connectivity index (χ1v) is 8.46. The molecule has 1 fully saturated rings. The van der Waals surface area contributed by atoms with Crippen LogP contribution in [-0.4, -0.2) is 37.5 Å². The molecule has 2 amide bonds. The van der Waals surface area contributed by atoms with Gasteiger partial charge in [0.25, 0.3) is 0 Å². The normalized spacial score (nSPS) is 19.3. The van der Waals surface area contributed by atoms with Gasteiger partial charge in [0, 0.05) is 18.2 Å². The lowest BCUT2D eigenvalue weighted by Crippen LogP contribution is -2.31. The molecule has 0 radical (unpaired) electrons. The molecule has 0 saturated heterocycles. The molecule has 1 aliphatic rings. The van der Waals surface area contributed by atoms with Crippen molar-refractivity contribution in [2.75, 3.05) is 19.0 Å². The molecule has 4 N–H and O–H groups in total. The van der Waals surface area contributed by atoms with Crippen LogP contribution in [-0.2, 0) is 25.5 Å². The van der Waals surface area contributed by atoms with E-state index in [0.717, 1.165) is 24.8 Å². The molecule has 25 heavy (non-hydrogen) atoms. The van der Waals surface area contributed by atoms with Gasteiger partial charge >= 0.3 is 5.97 Å². The Labute approximate surface area is 147 Å². The number of rotatable bonds is 7. The molecule has 1 aliphatic carbocycles. The van der Waals surface area contributed by atoms with E-state index in [0.29, 0.717) is 12.1 Å². The molecule has 0 aliphatic heterocycles. The first-order valence-electron chi connectivity index (χ1n) is 8.46. The highest BCUT2D eigenvalue weighted by molar-refractivity contribution is 5.91. The summed E-state index contributed by atoms with van der Waals surface area (Å²) in [6.45, 7) is -0.146. The first-order chi connectivity index (χ1) is 12.0. The van der Waals surface area contributed by atoms with Gasteiger partial charge in [0.15, 0.2) is 0 Å². The molecule has 0 bridgehead atoms. The molecule has 7 heteroatoms. The summed E-state index contributed by atoms with van der Waals surface area (Å²) in [5.41, 5.74) is 7.47. The Morgan fingerprint density at radius 1 is 1.16 bits per heavy atom. The maximum atomic E-state index is 12.1. The van der Waals surface area contributed by atoms with E-state index in [-0.39, 0.29) is 36.7 Å². The predicted molar refractivity (Wildman–Crippen MR) is 93.7 cm³/mol. The van der Waals surface area contributed by atoms with E-state index in [2.05, 4.69) is 15.4 Å². The minimum atomic E-state index is -0.492. The third kappa shape index (κ3) is 6.19. The third-order valence-electron chi connectivity index (χ3n) is 4.43. The summed E-state index contributed by atoms with van der Waals surface area (Å²) in [6.07, 6.45) is 3.69. The molecule has 0 heterocycles. The topological polar surface area (TPSA) is 111 Å². The number of carbonyl (C=O) groups excluding carboxylic acids is 3. The third-order valence-corrected chi connectivity index (χ3v) is 4.43. The summed E-state index contributed by atoms with van der Waals surface area (Å²) in [5, 5.41) is 5.34. The Balaban J connectivity index is 1.78. The van der Waals surface area contributed by atoms with Crippen LogP contribution in [0.3, 0.4) is 0 Å². The van der Waals surface area contributed by atoms with Crippen LogP contribution in [0.15, 0.2) is 24.3 Å². The van der Waals surface area contributed by atoms with Gasteiger partial charge in [0.2, 0.25) is 11.8 Å². The zero-order chi connectivity index (χ0) is 18.2. The van der Waals surface area contributed by atoms with Crippen LogP contribution in [0.4, 0.5) is 5.69 Å². The van der Waals surface area contributed by atoms with E-state index < -0.39 is 5.97 Å². The zero-order valence-electron chi connectivity index (χ0n) is 14.4. The second kappa shape index (κ2) is 9.17. The number of benzene rings is 1. The molecule has 1 aromatic carbocycles. The number of esters is 1. The van der Waals surface area contributed by atoms with Crippen molar-refractivity contribution in [3.05, 3.63) is 29.8 Å². The van der Waals surface area contributed by atoms with Gasteiger partial charge in [-0.05, 0) is 36.5 Å². The molecule has 0 spiro atoms. The highest BCUT2D eigenvalue weighted by atomic mass is 16.5. The molecular weight excluding hydrogens is 322 g/mol. The van der Waals surface area contributed by atoms with Crippen LogP contribution >= 0.6 is 0 Å². The number of hydrogen-bond acceptors (Lipinski definition) is 5. The van der Waals surface area contributed by atoms with Gasteiger partial charge < -0.3 is 21.1 Å². The Kier molecular flexibility index (Phi) is 6.94. The molecular formula is C18H25N3O4. The minimum absolute atomic E-state index is 0.0362. The first kappa shape index (κ1) is 18.9. The van der Waals surface area contributed by atoms with Crippen molar-refractivity contribution >= 4 is 23.5 Å². The lowest BCUT2D eigenvalue weighted by atomic mass is 10.00. The van der Waals surface area contributed by atoms with E-state index in [1.54, 1.807) is 24.3 Å². The van der Waals surface area contributed by atoms with Gasteiger partial charge in [-0.15, -0.1) is 0 Å². The molecule has 0 unspecified atom stereocenters. The summed E-state index contributed by atoms with van der Waals surface area (Å²) >= 11 is 0.